The number of ketones is 1. The number of Topliss-reactive ketones (excluding diaryl/α,β-unsaturated/α-hetero) is 1. The summed E-state index contributed by atoms with van der Waals surface area (Å²) in [6.45, 7) is 4.02. The van der Waals surface area contributed by atoms with Crippen LogP contribution in [0.2, 0.25) is 0 Å². The number of carbonyl (C=O) groups excluding carboxylic acids is 1. The van der Waals surface area contributed by atoms with Gasteiger partial charge in [-0.3, -0.25) is 4.79 Å². The van der Waals surface area contributed by atoms with Gasteiger partial charge in [-0.2, -0.15) is 0 Å². The Morgan fingerprint density at radius 1 is 1.22 bits per heavy atom. The SMILES string of the molecule is Cc1cc2c(cc1C)C(=O)/C(=C/c1cccs1)O2. The van der Waals surface area contributed by atoms with Crippen molar-refractivity contribution in [3.63, 3.8) is 0 Å². The molecule has 2 nitrogen and oxygen atoms in total. The van der Waals surface area contributed by atoms with Crippen LogP contribution in [0.1, 0.15) is 26.4 Å². The second kappa shape index (κ2) is 4.10. The topological polar surface area (TPSA) is 26.3 Å². The van der Waals surface area contributed by atoms with Crippen molar-refractivity contribution in [3.8, 4) is 5.75 Å². The predicted molar refractivity (Wildman–Crippen MR) is 73.2 cm³/mol. The first-order valence-corrected chi connectivity index (χ1v) is 6.62. The fourth-order valence-corrected chi connectivity index (χ4v) is 2.59. The van der Waals surface area contributed by atoms with Crippen LogP contribution in [0.4, 0.5) is 0 Å². The number of carbonyl (C=O) groups is 1. The van der Waals surface area contributed by atoms with Crippen LogP contribution in [0.5, 0.6) is 5.75 Å². The molecule has 0 amide bonds. The Hall–Kier alpha value is -1.87. The van der Waals surface area contributed by atoms with Gasteiger partial charge in [-0.15, -0.1) is 11.3 Å². The third-order valence-electron chi connectivity index (χ3n) is 3.10. The number of hydrogen-bond donors (Lipinski definition) is 0. The Labute approximate surface area is 110 Å². The molecular weight excluding hydrogens is 244 g/mol. The Kier molecular flexibility index (Phi) is 2.56. The normalized spacial score (nSPS) is 15.9. The van der Waals surface area contributed by atoms with Gasteiger partial charge in [0.1, 0.15) is 5.75 Å². The Balaban J connectivity index is 2.04. The van der Waals surface area contributed by atoms with E-state index in [2.05, 4.69) is 0 Å². The number of aryl methyl sites for hydroxylation is 2. The maximum absolute atomic E-state index is 12.2. The Morgan fingerprint density at radius 3 is 2.72 bits per heavy atom. The van der Waals surface area contributed by atoms with Crippen LogP contribution < -0.4 is 4.74 Å². The van der Waals surface area contributed by atoms with Crippen LogP contribution in [0.15, 0.2) is 35.4 Å². The summed E-state index contributed by atoms with van der Waals surface area (Å²) in [6.07, 6.45) is 1.80. The van der Waals surface area contributed by atoms with Crippen molar-refractivity contribution in [3.05, 3.63) is 57.0 Å². The van der Waals surface area contributed by atoms with E-state index in [0.717, 1.165) is 16.0 Å². The summed E-state index contributed by atoms with van der Waals surface area (Å²) in [5, 5.41) is 1.98. The van der Waals surface area contributed by atoms with Crippen LogP contribution in [0, 0.1) is 13.8 Å². The van der Waals surface area contributed by atoms with E-state index in [1.165, 1.54) is 0 Å². The van der Waals surface area contributed by atoms with Crippen LogP contribution in [-0.2, 0) is 0 Å². The number of hydrogen-bond acceptors (Lipinski definition) is 3. The highest BCUT2D eigenvalue weighted by Gasteiger charge is 2.27. The molecule has 0 aliphatic carbocycles. The van der Waals surface area contributed by atoms with Gasteiger partial charge in [0.25, 0.3) is 0 Å². The minimum absolute atomic E-state index is 0.0264. The lowest BCUT2D eigenvalue weighted by Gasteiger charge is -2.02. The molecule has 0 saturated carbocycles. The Morgan fingerprint density at radius 2 is 2.00 bits per heavy atom. The fraction of sp³-hybridized carbons (Fsp3) is 0.133. The Bertz CT molecular complexity index is 651. The van der Waals surface area contributed by atoms with Gasteiger partial charge < -0.3 is 4.74 Å². The summed E-state index contributed by atoms with van der Waals surface area (Å²) >= 11 is 1.59. The van der Waals surface area contributed by atoms with Crippen LogP contribution in [0.25, 0.3) is 6.08 Å². The summed E-state index contributed by atoms with van der Waals surface area (Å²) < 4.78 is 5.65. The van der Waals surface area contributed by atoms with E-state index >= 15 is 0 Å². The second-order valence-corrected chi connectivity index (χ2v) is 5.37. The molecule has 1 aliphatic heterocycles. The number of rotatable bonds is 1. The molecule has 0 radical (unpaired) electrons. The van der Waals surface area contributed by atoms with Gasteiger partial charge in [0.15, 0.2) is 5.76 Å². The van der Waals surface area contributed by atoms with Crippen molar-refractivity contribution in [1.29, 1.82) is 0 Å². The lowest BCUT2D eigenvalue weighted by Crippen LogP contribution is -1.97. The van der Waals surface area contributed by atoms with Gasteiger partial charge in [0.05, 0.1) is 5.56 Å². The van der Waals surface area contributed by atoms with Crippen molar-refractivity contribution in [2.45, 2.75) is 13.8 Å². The molecular formula is C15H12O2S. The van der Waals surface area contributed by atoms with Gasteiger partial charge >= 0.3 is 0 Å². The minimum atomic E-state index is -0.0264. The average Bonchev–Trinajstić information content (AvgIpc) is 2.93. The van der Waals surface area contributed by atoms with Crippen molar-refractivity contribution in [2.24, 2.45) is 0 Å². The molecule has 3 rings (SSSR count). The van der Waals surface area contributed by atoms with Crippen LogP contribution in [0.3, 0.4) is 0 Å². The summed E-state index contributed by atoms with van der Waals surface area (Å²) in [5.41, 5.74) is 2.92. The van der Waals surface area contributed by atoms with Gasteiger partial charge in [0.2, 0.25) is 5.78 Å². The molecule has 90 valence electrons. The highest BCUT2D eigenvalue weighted by atomic mass is 32.1. The van der Waals surface area contributed by atoms with Gasteiger partial charge in [-0.25, -0.2) is 0 Å². The monoisotopic (exact) mass is 256 g/mol. The molecule has 1 aromatic heterocycles. The summed E-state index contributed by atoms with van der Waals surface area (Å²) in [5.74, 6) is 1.06. The smallest absolute Gasteiger partial charge is 0.232 e. The fourth-order valence-electron chi connectivity index (χ4n) is 1.95. The molecule has 2 heterocycles. The first-order chi connectivity index (χ1) is 8.65. The number of thiophene rings is 1. The van der Waals surface area contributed by atoms with E-state index < -0.39 is 0 Å². The van der Waals surface area contributed by atoms with E-state index in [4.69, 9.17) is 4.74 Å². The maximum atomic E-state index is 12.2. The molecule has 18 heavy (non-hydrogen) atoms. The highest BCUT2D eigenvalue weighted by molar-refractivity contribution is 7.10. The predicted octanol–water partition coefficient (Wildman–Crippen LogP) is 3.98. The molecule has 0 atom stereocenters. The molecule has 2 aromatic rings. The maximum Gasteiger partial charge on any atom is 0.232 e. The largest absolute Gasteiger partial charge is 0.452 e. The second-order valence-electron chi connectivity index (χ2n) is 4.39. The molecule has 0 unspecified atom stereocenters. The van der Waals surface area contributed by atoms with Crippen molar-refractivity contribution >= 4 is 23.2 Å². The quantitative estimate of drug-likeness (QED) is 0.721. The van der Waals surface area contributed by atoms with Crippen LogP contribution in [-0.4, -0.2) is 5.78 Å². The average molecular weight is 256 g/mol. The first kappa shape index (κ1) is 11.2. The van der Waals surface area contributed by atoms with Crippen molar-refractivity contribution in [2.75, 3.05) is 0 Å². The molecule has 0 saturated heterocycles. The number of fused-ring (bicyclic) bond motifs is 1. The molecule has 0 spiro atoms. The molecule has 0 fully saturated rings. The van der Waals surface area contributed by atoms with Crippen molar-refractivity contribution < 1.29 is 9.53 Å². The van der Waals surface area contributed by atoms with Gasteiger partial charge in [-0.05, 0) is 48.6 Å². The van der Waals surface area contributed by atoms with Crippen molar-refractivity contribution in [1.82, 2.24) is 0 Å². The molecule has 1 aromatic carbocycles. The first-order valence-electron chi connectivity index (χ1n) is 5.74. The molecule has 1 aliphatic rings. The zero-order valence-electron chi connectivity index (χ0n) is 10.2. The number of benzene rings is 1. The standard InChI is InChI=1S/C15H12O2S/c1-9-6-12-13(7-10(9)2)17-14(15(12)16)8-11-4-3-5-18-11/h3-8H,1-2H3/b14-8-. The zero-order chi connectivity index (χ0) is 12.7. The number of ether oxygens (including phenoxy) is 1. The van der Waals surface area contributed by atoms with E-state index in [1.807, 2.05) is 43.5 Å². The lowest BCUT2D eigenvalue weighted by molar-refractivity contribution is 0.101. The van der Waals surface area contributed by atoms with E-state index in [0.29, 0.717) is 17.1 Å². The van der Waals surface area contributed by atoms with E-state index in [1.54, 1.807) is 17.4 Å². The molecule has 0 N–H and O–H groups in total. The molecule has 3 heteroatoms. The molecule has 0 bridgehead atoms. The summed E-state index contributed by atoms with van der Waals surface area (Å²) in [4.78, 5) is 13.2. The summed E-state index contributed by atoms with van der Waals surface area (Å²) in [6, 6.07) is 7.76. The van der Waals surface area contributed by atoms with E-state index in [9.17, 15) is 4.79 Å². The highest BCUT2D eigenvalue weighted by Crippen LogP contribution is 2.34. The lowest BCUT2D eigenvalue weighted by atomic mass is 10.0. The third-order valence-corrected chi connectivity index (χ3v) is 3.92. The van der Waals surface area contributed by atoms with Gasteiger partial charge in [-0.1, -0.05) is 6.07 Å². The van der Waals surface area contributed by atoms with Gasteiger partial charge in [0, 0.05) is 11.0 Å². The van der Waals surface area contributed by atoms with E-state index in [-0.39, 0.29) is 5.78 Å². The summed E-state index contributed by atoms with van der Waals surface area (Å²) in [7, 11) is 0. The number of allylic oxidation sites excluding steroid dienone is 1. The third kappa shape index (κ3) is 1.77. The zero-order valence-corrected chi connectivity index (χ0v) is 11.0. The van der Waals surface area contributed by atoms with Crippen LogP contribution >= 0.6 is 11.3 Å². The minimum Gasteiger partial charge on any atom is -0.452 e.